The Hall–Kier alpha value is -3.88. The molecule has 4 aromatic rings. The van der Waals surface area contributed by atoms with E-state index in [4.69, 9.17) is 9.47 Å². The molecule has 2 aliphatic heterocycles. The highest BCUT2D eigenvalue weighted by atomic mass is 32.2. The van der Waals surface area contributed by atoms with Crippen LogP contribution in [0.4, 0.5) is 11.4 Å². The minimum absolute atomic E-state index is 0.161. The van der Waals surface area contributed by atoms with Crippen molar-refractivity contribution in [1.82, 2.24) is 0 Å². The molecule has 1 saturated heterocycles. The molecule has 0 N–H and O–H groups in total. The van der Waals surface area contributed by atoms with Crippen LogP contribution in [0.3, 0.4) is 0 Å². The first-order valence-electron chi connectivity index (χ1n) is 18.2. The Labute approximate surface area is 305 Å². The lowest BCUT2D eigenvalue weighted by Gasteiger charge is -2.27. The number of anilines is 2. The van der Waals surface area contributed by atoms with Crippen LogP contribution in [0, 0.1) is 11.8 Å². The molecule has 2 unspecified atom stereocenters. The number of hydrogen-bond donors (Lipinski definition) is 0. The molecule has 0 spiro atoms. The van der Waals surface area contributed by atoms with Crippen molar-refractivity contribution in [1.29, 1.82) is 0 Å². The van der Waals surface area contributed by atoms with E-state index in [-0.39, 0.29) is 17.4 Å². The summed E-state index contributed by atoms with van der Waals surface area (Å²) in [6.45, 7) is 10.1. The van der Waals surface area contributed by atoms with E-state index >= 15 is 0 Å². The standard InChI is InChI=1S/C42H48N2O4S2/c1-5-9-19-29(7-3)27-47-36-33-25-17-18-26-34(33)37(48-28-30(8-4)20-10-6-2)39-38(36)49-42(50-39)35-40(45)43(31-21-13-11-14-22-31)44(41(35)46)32-23-15-12-16-24-32/h11-18,21-26,29-30H,5-10,19-20,27-28H2,1-4H3. The van der Waals surface area contributed by atoms with Gasteiger partial charge in [0.25, 0.3) is 11.8 Å². The fourth-order valence-electron chi connectivity index (χ4n) is 6.57. The highest BCUT2D eigenvalue weighted by Crippen LogP contribution is 2.62. The predicted octanol–water partition coefficient (Wildman–Crippen LogP) is 11.4. The van der Waals surface area contributed by atoms with Crippen LogP contribution < -0.4 is 19.5 Å². The van der Waals surface area contributed by atoms with Gasteiger partial charge in [-0.2, -0.15) is 0 Å². The van der Waals surface area contributed by atoms with E-state index in [0.29, 0.717) is 40.7 Å². The van der Waals surface area contributed by atoms with E-state index in [0.717, 1.165) is 70.6 Å². The lowest BCUT2D eigenvalue weighted by Crippen LogP contribution is -2.41. The largest absolute Gasteiger partial charge is 0.491 e. The summed E-state index contributed by atoms with van der Waals surface area (Å²) in [6.07, 6.45) is 8.98. The average molecular weight is 709 g/mol. The summed E-state index contributed by atoms with van der Waals surface area (Å²) in [5, 5.41) is 4.98. The minimum atomic E-state index is -0.349. The summed E-state index contributed by atoms with van der Waals surface area (Å²) >= 11 is 2.93. The van der Waals surface area contributed by atoms with Gasteiger partial charge in [-0.25, -0.2) is 10.0 Å². The molecule has 1 fully saturated rings. The number of hydrazine groups is 1. The highest BCUT2D eigenvalue weighted by molar-refractivity contribution is 8.25. The third-order valence-corrected chi connectivity index (χ3v) is 12.3. The summed E-state index contributed by atoms with van der Waals surface area (Å²) in [5.41, 5.74) is 1.42. The number of benzene rings is 4. The molecule has 6 rings (SSSR count). The zero-order chi connectivity index (χ0) is 35.0. The van der Waals surface area contributed by atoms with E-state index in [1.807, 2.05) is 72.8 Å². The lowest BCUT2D eigenvalue weighted by atomic mass is 10.0. The average Bonchev–Trinajstić information content (AvgIpc) is 3.70. The van der Waals surface area contributed by atoms with Crippen molar-refractivity contribution in [3.8, 4) is 11.5 Å². The summed E-state index contributed by atoms with van der Waals surface area (Å²) in [6, 6.07) is 27.0. The number of unbranched alkanes of at least 4 members (excludes halogenated alkanes) is 2. The topological polar surface area (TPSA) is 59.1 Å². The number of ether oxygens (including phenoxy) is 2. The highest BCUT2D eigenvalue weighted by Gasteiger charge is 2.47. The van der Waals surface area contributed by atoms with Gasteiger partial charge in [-0.3, -0.25) is 9.59 Å². The van der Waals surface area contributed by atoms with Gasteiger partial charge in [0.2, 0.25) is 0 Å². The van der Waals surface area contributed by atoms with E-state index < -0.39 is 0 Å². The molecular formula is C42H48N2O4S2. The second kappa shape index (κ2) is 16.9. The Morgan fingerprint density at radius 2 is 0.980 bits per heavy atom. The fraction of sp³-hybridized carbons (Fsp3) is 0.381. The van der Waals surface area contributed by atoms with Crippen LogP contribution in [-0.2, 0) is 9.59 Å². The molecule has 0 bridgehead atoms. The molecule has 8 heteroatoms. The number of nitrogens with zero attached hydrogens (tertiary/aromatic N) is 2. The van der Waals surface area contributed by atoms with Crippen molar-refractivity contribution in [2.75, 3.05) is 23.2 Å². The Kier molecular flexibility index (Phi) is 12.1. The molecule has 2 amide bonds. The van der Waals surface area contributed by atoms with Crippen LogP contribution in [0.2, 0.25) is 0 Å². The summed E-state index contributed by atoms with van der Waals surface area (Å²) < 4.78 is 14.3. The SMILES string of the molecule is CCCCC(CC)COc1c2c(c(OCC(CC)CCCC)c3ccccc13)SC(=C1C(=O)N(c3ccccc3)N(c3ccccc3)C1=O)S2. The molecule has 0 aromatic heterocycles. The monoisotopic (exact) mass is 708 g/mol. The number of hydrogen-bond acceptors (Lipinski definition) is 6. The molecule has 4 aromatic carbocycles. The number of thioether (sulfide) groups is 2. The number of rotatable bonds is 16. The first-order chi connectivity index (χ1) is 24.5. The summed E-state index contributed by atoms with van der Waals surface area (Å²) in [5.74, 6) is 1.80. The molecule has 0 radical (unpaired) electrons. The maximum atomic E-state index is 14.5. The second-order valence-corrected chi connectivity index (χ2v) is 15.4. The van der Waals surface area contributed by atoms with E-state index in [1.54, 1.807) is 0 Å². The molecule has 0 saturated carbocycles. The van der Waals surface area contributed by atoms with Gasteiger partial charge in [-0.05, 0) is 48.9 Å². The normalized spacial score (nSPS) is 15.6. The zero-order valence-electron chi connectivity index (χ0n) is 29.7. The van der Waals surface area contributed by atoms with Gasteiger partial charge < -0.3 is 9.47 Å². The van der Waals surface area contributed by atoms with Gasteiger partial charge in [0.1, 0.15) is 17.1 Å². The number of carbonyl (C=O) groups excluding carboxylic acids is 2. The first kappa shape index (κ1) is 35.9. The van der Waals surface area contributed by atoms with Crippen LogP contribution in [0.15, 0.2) is 105 Å². The fourth-order valence-corrected chi connectivity index (χ4v) is 9.31. The Balaban J connectivity index is 1.46. The molecule has 6 nitrogen and oxygen atoms in total. The number of fused-ring (bicyclic) bond motifs is 2. The van der Waals surface area contributed by atoms with Crippen LogP contribution in [0.25, 0.3) is 10.8 Å². The molecule has 0 aliphatic carbocycles. The van der Waals surface area contributed by atoms with Gasteiger partial charge in [-0.15, -0.1) is 0 Å². The van der Waals surface area contributed by atoms with Crippen molar-refractivity contribution in [3.05, 3.63) is 94.7 Å². The predicted molar refractivity (Wildman–Crippen MR) is 208 cm³/mol. The summed E-state index contributed by atoms with van der Waals surface area (Å²) in [7, 11) is 0. The van der Waals surface area contributed by atoms with Gasteiger partial charge in [0.15, 0.2) is 0 Å². The Morgan fingerprint density at radius 3 is 1.36 bits per heavy atom. The molecule has 2 heterocycles. The third-order valence-electron chi connectivity index (χ3n) is 9.66. The lowest BCUT2D eigenvalue weighted by molar-refractivity contribution is -0.116. The minimum Gasteiger partial charge on any atom is -0.491 e. The molecule has 50 heavy (non-hydrogen) atoms. The van der Waals surface area contributed by atoms with Gasteiger partial charge in [0, 0.05) is 10.8 Å². The summed E-state index contributed by atoms with van der Waals surface area (Å²) in [4.78, 5) is 30.8. The van der Waals surface area contributed by atoms with Crippen LogP contribution in [0.1, 0.15) is 79.1 Å². The van der Waals surface area contributed by atoms with E-state index in [1.165, 1.54) is 46.4 Å². The van der Waals surface area contributed by atoms with E-state index in [2.05, 4.69) is 39.8 Å². The maximum absolute atomic E-state index is 14.5. The maximum Gasteiger partial charge on any atom is 0.284 e. The molecule has 2 atom stereocenters. The van der Waals surface area contributed by atoms with Gasteiger partial charge in [-0.1, -0.05) is 150 Å². The number of amides is 2. The van der Waals surface area contributed by atoms with Crippen molar-refractivity contribution < 1.29 is 19.1 Å². The van der Waals surface area contributed by atoms with Gasteiger partial charge in [0.05, 0.1) is 38.6 Å². The van der Waals surface area contributed by atoms with Crippen LogP contribution in [-0.4, -0.2) is 25.0 Å². The smallest absolute Gasteiger partial charge is 0.284 e. The van der Waals surface area contributed by atoms with E-state index in [9.17, 15) is 9.59 Å². The van der Waals surface area contributed by atoms with Crippen LogP contribution >= 0.6 is 23.5 Å². The van der Waals surface area contributed by atoms with Gasteiger partial charge >= 0.3 is 0 Å². The molecular weight excluding hydrogens is 661 g/mol. The number of para-hydroxylation sites is 2. The van der Waals surface area contributed by atoms with Crippen molar-refractivity contribution in [3.63, 3.8) is 0 Å². The van der Waals surface area contributed by atoms with Crippen molar-refractivity contribution in [2.24, 2.45) is 11.8 Å². The van der Waals surface area contributed by atoms with Crippen molar-refractivity contribution >= 4 is 57.5 Å². The second-order valence-electron chi connectivity index (χ2n) is 13.1. The third kappa shape index (κ3) is 7.42. The Bertz CT molecular complexity index is 1700. The molecule has 262 valence electrons. The molecule has 2 aliphatic rings. The van der Waals surface area contributed by atoms with Crippen molar-refractivity contribution in [2.45, 2.75) is 88.9 Å². The van der Waals surface area contributed by atoms with Crippen LogP contribution in [0.5, 0.6) is 11.5 Å². The first-order valence-corrected chi connectivity index (χ1v) is 19.9. The zero-order valence-corrected chi connectivity index (χ0v) is 31.3. The quantitative estimate of drug-likeness (QED) is 0.0853. The Morgan fingerprint density at radius 1 is 0.580 bits per heavy atom. The number of carbonyl (C=O) groups is 2.